The summed E-state index contributed by atoms with van der Waals surface area (Å²) < 4.78 is 5.52. The second-order valence-electron chi connectivity index (χ2n) is 6.07. The number of carbonyl (C=O) groups excluding carboxylic acids is 1. The molecule has 1 aromatic carbocycles. The molecule has 2 aromatic heterocycles. The Bertz CT molecular complexity index is 968. The summed E-state index contributed by atoms with van der Waals surface area (Å²) in [6.45, 7) is 0.376. The van der Waals surface area contributed by atoms with Crippen molar-refractivity contribution in [3.8, 4) is 5.75 Å². The highest BCUT2D eigenvalue weighted by Crippen LogP contribution is 2.39. The number of rotatable bonds is 5. The van der Waals surface area contributed by atoms with Crippen LogP contribution in [0, 0.1) is 10.1 Å². The van der Waals surface area contributed by atoms with Crippen LogP contribution in [0.2, 0.25) is 0 Å². The summed E-state index contributed by atoms with van der Waals surface area (Å²) >= 11 is 3.34. The number of carbonyl (C=O) groups is 1. The minimum absolute atomic E-state index is 0.108. The number of fused-ring (bicyclic) bond motifs is 1. The molecule has 4 rings (SSSR count). The van der Waals surface area contributed by atoms with Crippen LogP contribution in [0.25, 0.3) is 0 Å². The number of hydrogen-bond acceptors (Lipinski definition) is 6. The third-order valence-electron chi connectivity index (χ3n) is 4.51. The van der Waals surface area contributed by atoms with Gasteiger partial charge in [-0.05, 0) is 40.9 Å². The Labute approximate surface area is 163 Å². The van der Waals surface area contributed by atoms with Crippen molar-refractivity contribution >= 4 is 34.3 Å². The number of amides is 1. The third-order valence-corrected chi connectivity index (χ3v) is 6.43. The zero-order chi connectivity index (χ0) is 18.8. The largest absolute Gasteiger partial charge is 0.477 e. The lowest BCUT2D eigenvalue weighted by atomic mass is 9.98. The molecule has 0 saturated carbocycles. The molecule has 1 unspecified atom stereocenters. The molecule has 0 aliphatic carbocycles. The zero-order valence-corrected chi connectivity index (χ0v) is 15.9. The number of benzene rings is 1. The van der Waals surface area contributed by atoms with Gasteiger partial charge in [0.2, 0.25) is 0 Å². The number of nitro groups is 1. The van der Waals surface area contributed by atoms with Gasteiger partial charge < -0.3 is 9.64 Å². The van der Waals surface area contributed by atoms with Gasteiger partial charge in [-0.15, -0.1) is 22.7 Å². The van der Waals surface area contributed by atoms with Gasteiger partial charge in [-0.1, -0.05) is 18.2 Å². The Morgan fingerprint density at radius 1 is 1.19 bits per heavy atom. The molecule has 27 heavy (non-hydrogen) atoms. The molecular formula is C19H16N2O4S2. The van der Waals surface area contributed by atoms with E-state index in [1.54, 1.807) is 34.8 Å². The van der Waals surface area contributed by atoms with Gasteiger partial charge in [-0.2, -0.15) is 0 Å². The van der Waals surface area contributed by atoms with Crippen molar-refractivity contribution in [2.45, 2.75) is 12.5 Å². The maximum atomic E-state index is 12.9. The van der Waals surface area contributed by atoms with Crippen molar-refractivity contribution in [1.82, 2.24) is 4.90 Å². The molecule has 1 aliphatic heterocycles. The van der Waals surface area contributed by atoms with Gasteiger partial charge in [0.05, 0.1) is 11.0 Å². The minimum Gasteiger partial charge on any atom is -0.477 e. The van der Waals surface area contributed by atoms with Crippen molar-refractivity contribution in [2.24, 2.45) is 0 Å². The Hall–Kier alpha value is -2.71. The summed E-state index contributed by atoms with van der Waals surface area (Å²) in [6.07, 6.45) is 0.812. The van der Waals surface area contributed by atoms with E-state index in [0.717, 1.165) is 16.9 Å². The molecule has 0 bridgehead atoms. The van der Waals surface area contributed by atoms with Crippen molar-refractivity contribution in [3.05, 3.63) is 78.7 Å². The van der Waals surface area contributed by atoms with Crippen LogP contribution in [0.15, 0.2) is 53.2 Å². The van der Waals surface area contributed by atoms with E-state index >= 15 is 0 Å². The molecule has 8 heteroatoms. The molecule has 0 radical (unpaired) electrons. The molecular weight excluding hydrogens is 384 g/mol. The number of hydrogen-bond donors (Lipinski definition) is 0. The van der Waals surface area contributed by atoms with E-state index < -0.39 is 4.92 Å². The molecule has 1 amide bonds. The molecule has 6 nitrogen and oxygen atoms in total. The van der Waals surface area contributed by atoms with Crippen LogP contribution in [0.3, 0.4) is 0 Å². The Balaban J connectivity index is 1.56. The zero-order valence-electron chi connectivity index (χ0n) is 14.2. The van der Waals surface area contributed by atoms with Gasteiger partial charge in [-0.3, -0.25) is 14.9 Å². The Kier molecular flexibility index (Phi) is 4.91. The van der Waals surface area contributed by atoms with Gasteiger partial charge in [-0.25, -0.2) is 0 Å². The maximum Gasteiger partial charge on any atom is 0.310 e. The molecule has 0 fully saturated rings. The monoisotopic (exact) mass is 400 g/mol. The van der Waals surface area contributed by atoms with Crippen LogP contribution in [-0.4, -0.2) is 28.9 Å². The lowest BCUT2D eigenvalue weighted by Gasteiger charge is -2.35. The van der Waals surface area contributed by atoms with Crippen LogP contribution in [0.1, 0.15) is 21.4 Å². The predicted octanol–water partition coefficient (Wildman–Crippen LogP) is 4.27. The number of ether oxygens (including phenoxy) is 1. The third kappa shape index (κ3) is 3.45. The van der Waals surface area contributed by atoms with Gasteiger partial charge in [0.15, 0.2) is 12.4 Å². The summed E-state index contributed by atoms with van der Waals surface area (Å²) in [6, 6.07) is 12.1. The van der Waals surface area contributed by atoms with Crippen molar-refractivity contribution in [3.63, 3.8) is 0 Å². The molecule has 3 heterocycles. The topological polar surface area (TPSA) is 72.7 Å². The van der Waals surface area contributed by atoms with E-state index in [1.165, 1.54) is 17.0 Å². The number of nitrogens with zero attached hydrogens (tertiary/aromatic N) is 2. The number of para-hydroxylation sites is 2. The maximum absolute atomic E-state index is 12.9. The van der Waals surface area contributed by atoms with E-state index in [9.17, 15) is 14.9 Å². The second kappa shape index (κ2) is 7.50. The van der Waals surface area contributed by atoms with Gasteiger partial charge >= 0.3 is 5.69 Å². The van der Waals surface area contributed by atoms with Gasteiger partial charge in [0.25, 0.3) is 5.91 Å². The quantitative estimate of drug-likeness (QED) is 0.474. The van der Waals surface area contributed by atoms with Crippen LogP contribution < -0.4 is 4.74 Å². The van der Waals surface area contributed by atoms with E-state index in [1.807, 2.05) is 22.4 Å². The fourth-order valence-electron chi connectivity index (χ4n) is 3.29. The first-order chi connectivity index (χ1) is 13.1. The summed E-state index contributed by atoms with van der Waals surface area (Å²) in [4.78, 5) is 27.8. The van der Waals surface area contributed by atoms with Crippen molar-refractivity contribution < 1.29 is 14.5 Å². The molecule has 138 valence electrons. The average Bonchev–Trinajstić information content (AvgIpc) is 3.37. The summed E-state index contributed by atoms with van der Waals surface area (Å²) in [5.41, 5.74) is 1.02. The van der Waals surface area contributed by atoms with Gasteiger partial charge in [0.1, 0.15) is 0 Å². The smallest absolute Gasteiger partial charge is 0.310 e. The number of nitro benzene ring substituents is 1. The molecule has 0 N–H and O–H groups in total. The van der Waals surface area contributed by atoms with E-state index in [-0.39, 0.29) is 30.0 Å². The van der Waals surface area contributed by atoms with Crippen LogP contribution in [0.5, 0.6) is 5.75 Å². The molecule has 3 aromatic rings. The highest BCUT2D eigenvalue weighted by Gasteiger charge is 2.33. The first kappa shape index (κ1) is 17.7. The van der Waals surface area contributed by atoms with Crippen molar-refractivity contribution in [1.29, 1.82) is 0 Å². The highest BCUT2D eigenvalue weighted by atomic mass is 32.1. The lowest BCUT2D eigenvalue weighted by molar-refractivity contribution is -0.385. The molecule has 1 aliphatic rings. The lowest BCUT2D eigenvalue weighted by Crippen LogP contribution is -2.42. The minimum atomic E-state index is -0.507. The summed E-state index contributed by atoms with van der Waals surface area (Å²) in [7, 11) is 0. The van der Waals surface area contributed by atoms with Crippen LogP contribution in [-0.2, 0) is 11.2 Å². The second-order valence-corrected chi connectivity index (χ2v) is 8.05. The fraction of sp³-hybridized carbons (Fsp3) is 0.211. The predicted molar refractivity (Wildman–Crippen MR) is 104 cm³/mol. The Morgan fingerprint density at radius 2 is 2.04 bits per heavy atom. The summed E-state index contributed by atoms with van der Waals surface area (Å²) in [5.74, 6) is -0.0693. The normalized spacial score (nSPS) is 16.0. The SMILES string of the molecule is O=C(COc1ccccc1[N+](=O)[O-])N1CCc2sccc2C1c1cccs1. The van der Waals surface area contributed by atoms with E-state index in [0.29, 0.717) is 6.54 Å². The first-order valence-electron chi connectivity index (χ1n) is 8.40. The number of thiophene rings is 2. The molecule has 0 spiro atoms. The van der Waals surface area contributed by atoms with Crippen molar-refractivity contribution in [2.75, 3.05) is 13.2 Å². The van der Waals surface area contributed by atoms with E-state index in [4.69, 9.17) is 4.74 Å². The highest BCUT2D eigenvalue weighted by molar-refractivity contribution is 7.10. The van der Waals surface area contributed by atoms with Gasteiger partial charge in [0, 0.05) is 22.4 Å². The Morgan fingerprint density at radius 3 is 2.81 bits per heavy atom. The first-order valence-corrected chi connectivity index (χ1v) is 10.2. The van der Waals surface area contributed by atoms with E-state index in [2.05, 4.69) is 11.4 Å². The standard InChI is InChI=1S/C19H16N2O4S2/c22-18(12-25-15-5-2-1-4-14(15)21(23)24)20-9-7-16-13(8-11-27-16)19(20)17-6-3-10-26-17/h1-6,8,10-11,19H,7,9,12H2. The summed E-state index contributed by atoms with van der Waals surface area (Å²) in [5, 5.41) is 15.2. The average molecular weight is 400 g/mol. The van der Waals surface area contributed by atoms with Crippen LogP contribution in [0.4, 0.5) is 5.69 Å². The molecule has 0 saturated heterocycles. The fourth-order valence-corrected chi connectivity index (χ4v) is 5.05. The molecule has 1 atom stereocenters. The van der Waals surface area contributed by atoms with Crippen LogP contribution >= 0.6 is 22.7 Å².